The van der Waals surface area contributed by atoms with Gasteiger partial charge in [0.15, 0.2) is 0 Å². The van der Waals surface area contributed by atoms with E-state index in [2.05, 4.69) is 36.0 Å². The van der Waals surface area contributed by atoms with Crippen LogP contribution >= 0.6 is 0 Å². The van der Waals surface area contributed by atoms with E-state index in [4.69, 9.17) is 0 Å². The van der Waals surface area contributed by atoms with Gasteiger partial charge in [-0.25, -0.2) is 0 Å². The summed E-state index contributed by atoms with van der Waals surface area (Å²) in [5.41, 5.74) is 0. The molecule has 0 aromatic rings. The number of rotatable bonds is 3. The minimum Gasteiger partial charge on any atom is -0.328 e. The largest absolute Gasteiger partial charge is 0.328 e. The molecule has 0 aromatic carbocycles. The van der Waals surface area contributed by atoms with Gasteiger partial charge in [0.2, 0.25) is 0 Å². The van der Waals surface area contributed by atoms with E-state index in [0.29, 0.717) is 11.8 Å². The average molecular weight is 500 g/mol. The minimum absolute atomic E-state index is 0. The van der Waals surface area contributed by atoms with Crippen LogP contribution in [0.5, 0.6) is 0 Å². The first kappa shape index (κ1) is 14.4. The van der Waals surface area contributed by atoms with Crippen molar-refractivity contribution in [3.63, 3.8) is 0 Å². The van der Waals surface area contributed by atoms with Gasteiger partial charge in [0.1, 0.15) is 0 Å². The van der Waals surface area contributed by atoms with E-state index in [0.717, 1.165) is 5.92 Å². The van der Waals surface area contributed by atoms with Gasteiger partial charge in [0.05, 0.1) is 0 Å². The first-order valence-corrected chi connectivity index (χ1v) is 7.23. The zero-order valence-corrected chi connectivity index (χ0v) is 18.1. The summed E-state index contributed by atoms with van der Waals surface area (Å²) >= 11 is 0. The summed E-state index contributed by atoms with van der Waals surface area (Å²) in [5, 5.41) is 8.49. The van der Waals surface area contributed by atoms with Crippen molar-refractivity contribution in [1.82, 2.24) is 0 Å². The van der Waals surface area contributed by atoms with Crippen molar-refractivity contribution in [3.05, 3.63) is 6.42 Å². The van der Waals surface area contributed by atoms with E-state index in [1.165, 1.54) is 51.4 Å². The van der Waals surface area contributed by atoms with Gasteiger partial charge in [-0.2, -0.15) is 23.0 Å². The van der Waals surface area contributed by atoms with Crippen molar-refractivity contribution in [2.24, 2.45) is 28.0 Å². The van der Waals surface area contributed by atoms with Gasteiger partial charge in [-0.3, -0.25) is 0 Å². The molecule has 98 valence electrons. The fourth-order valence-electron chi connectivity index (χ4n) is 2.80. The Morgan fingerprint density at radius 1 is 0.833 bits per heavy atom. The van der Waals surface area contributed by atoms with E-state index in [1.54, 1.807) is 0 Å². The van der Waals surface area contributed by atoms with Gasteiger partial charge < -0.3 is 6.42 Å². The fourth-order valence-corrected chi connectivity index (χ4v) is 2.80. The van der Waals surface area contributed by atoms with Crippen LogP contribution in [0.25, 0.3) is 0 Å². The van der Waals surface area contributed by atoms with Crippen LogP contribution in [-0.4, -0.2) is 12.4 Å². The van der Waals surface area contributed by atoms with Crippen LogP contribution in [-0.2, 0) is 0 Å². The number of hydrogen-bond donors (Lipinski definition) is 0. The van der Waals surface area contributed by atoms with Gasteiger partial charge in [-0.05, 0) is 30.6 Å². The van der Waals surface area contributed by atoms with Gasteiger partial charge in [-0.1, -0.05) is 32.6 Å². The molecule has 0 aromatic heterocycles. The molecular formula is C15H25N2Rf-. The Hall–Kier alpha value is -1.66. The molecule has 2 fully saturated rings. The Balaban J connectivity index is 0.00000162. The second-order valence-corrected chi connectivity index (χ2v) is 5.75. The summed E-state index contributed by atoms with van der Waals surface area (Å²) in [4.78, 5) is 0. The van der Waals surface area contributed by atoms with Crippen LogP contribution in [0.15, 0.2) is 10.2 Å². The van der Waals surface area contributed by atoms with Gasteiger partial charge in [0, 0.05) is 12.4 Å². The predicted molar refractivity (Wildman–Crippen MR) is 74.4 cm³/mol. The zero-order chi connectivity index (χ0) is 11.9. The van der Waals surface area contributed by atoms with E-state index >= 15 is 0 Å². The average Bonchev–Trinajstić information content (AvgIpc) is 2.38. The first-order chi connectivity index (χ1) is 8.34. The summed E-state index contributed by atoms with van der Waals surface area (Å²) in [6.07, 6.45) is 16.9. The quantitative estimate of drug-likeness (QED) is 0.315. The molecule has 0 atom stereocenters. The summed E-state index contributed by atoms with van der Waals surface area (Å²) in [5.74, 6) is 2.27. The standard InChI is InChI=1S/C15H25N2.Rf/c1-13-7-9-15(10-8-13)12-17-16-11-14-5-3-2-4-6-14;/h2,11-15H,3-10H2,1H3;/q-1;/b16-11+,17-12+;. The summed E-state index contributed by atoms with van der Waals surface area (Å²) in [7, 11) is 0. The van der Waals surface area contributed by atoms with Crippen LogP contribution in [0.3, 0.4) is 0 Å². The van der Waals surface area contributed by atoms with Crippen molar-refractivity contribution in [1.29, 1.82) is 0 Å². The first-order valence-electron chi connectivity index (χ1n) is 7.23. The molecule has 2 saturated carbocycles. The van der Waals surface area contributed by atoms with Crippen molar-refractivity contribution in [2.75, 3.05) is 0 Å². The van der Waals surface area contributed by atoms with Crippen LogP contribution in [0.1, 0.15) is 58.3 Å². The summed E-state index contributed by atoms with van der Waals surface area (Å²) in [6.45, 7) is 2.35. The Labute approximate surface area is 106 Å². The van der Waals surface area contributed by atoms with Crippen molar-refractivity contribution in [2.45, 2.75) is 58.3 Å². The molecule has 0 heterocycles. The normalized spacial score (nSPS) is 30.7. The fraction of sp³-hybridized carbons (Fsp3) is 0.800. The van der Waals surface area contributed by atoms with E-state index in [-0.39, 0.29) is 0 Å². The number of nitrogens with zero attached hydrogens (tertiary/aromatic N) is 2. The maximum Gasteiger partial charge on any atom is 0.0301 e. The molecule has 18 heavy (non-hydrogen) atoms. The molecule has 0 aliphatic heterocycles. The molecular weight excluding hydrogens is 475 g/mol. The molecule has 2 aliphatic rings. The van der Waals surface area contributed by atoms with Crippen LogP contribution in [0, 0.1) is 24.2 Å². The third kappa shape index (κ3) is 4.68. The minimum atomic E-state index is 0. The van der Waals surface area contributed by atoms with Crippen LogP contribution in [0.4, 0.5) is 0 Å². The molecule has 0 saturated heterocycles. The molecule has 0 bridgehead atoms. The number of hydrogen-bond acceptors (Lipinski definition) is 2. The Morgan fingerprint density at radius 3 is 1.89 bits per heavy atom. The maximum atomic E-state index is 4.25. The molecule has 0 spiro atoms. The third-order valence-corrected chi connectivity index (χ3v) is 4.17. The van der Waals surface area contributed by atoms with Gasteiger partial charge in [-0.15, -0.1) is 0 Å². The van der Waals surface area contributed by atoms with Crippen molar-refractivity contribution >= 4 is 12.4 Å². The molecule has 0 radical (unpaired) electrons. The summed E-state index contributed by atoms with van der Waals surface area (Å²) in [6, 6.07) is 0. The van der Waals surface area contributed by atoms with E-state index in [9.17, 15) is 0 Å². The second kappa shape index (κ2) is 7.62. The maximum absolute atomic E-state index is 4.25. The molecule has 2 nitrogen and oxygen atoms in total. The summed E-state index contributed by atoms with van der Waals surface area (Å²) < 4.78 is 0. The smallest absolute Gasteiger partial charge is 0.0301 e. The molecule has 2 rings (SSSR count). The Kier molecular flexibility index (Phi) is 6.10. The second-order valence-electron chi connectivity index (χ2n) is 5.75. The molecule has 2 aliphatic carbocycles. The van der Waals surface area contributed by atoms with Crippen LogP contribution in [0.2, 0.25) is 0 Å². The monoisotopic (exact) mass is 500 g/mol. The van der Waals surface area contributed by atoms with Gasteiger partial charge >= 0.3 is 0 Å². The van der Waals surface area contributed by atoms with E-state index < -0.39 is 0 Å². The van der Waals surface area contributed by atoms with Crippen molar-refractivity contribution in [3.8, 4) is 0 Å². The Morgan fingerprint density at radius 2 is 1.33 bits per heavy atom. The SMILES string of the molecule is CC1CCC(/C=N/N=C/C2CC[CH-]CC2)CC1.[Rf]. The molecule has 0 amide bonds. The molecule has 3 heteroatoms. The zero-order valence-electron chi connectivity index (χ0n) is 11.7. The topological polar surface area (TPSA) is 24.7 Å². The van der Waals surface area contributed by atoms with E-state index in [1.807, 2.05) is 0 Å². The van der Waals surface area contributed by atoms with Crippen LogP contribution < -0.4 is 0 Å². The molecule has 0 N–H and O–H groups in total. The molecule has 0 unspecified atom stereocenters. The predicted octanol–water partition coefficient (Wildman–Crippen LogP) is 4.26. The Bertz CT molecular complexity index is 262. The van der Waals surface area contributed by atoms with Crippen molar-refractivity contribution < 1.29 is 0 Å². The third-order valence-electron chi connectivity index (χ3n) is 4.17. The van der Waals surface area contributed by atoms with Gasteiger partial charge in [0.25, 0.3) is 0 Å².